The molecule has 1 aromatic rings. The van der Waals surface area contributed by atoms with E-state index in [9.17, 15) is 9.59 Å². The SMILES string of the molecule is CC(C)N(Cc1ccccc1)C(=O)CC(C)(C)CC(=O)O. The first-order valence-electron chi connectivity index (χ1n) is 7.26. The van der Waals surface area contributed by atoms with Crippen LogP contribution in [0.15, 0.2) is 30.3 Å². The average Bonchev–Trinajstić information content (AvgIpc) is 2.34. The summed E-state index contributed by atoms with van der Waals surface area (Å²) < 4.78 is 0. The van der Waals surface area contributed by atoms with Gasteiger partial charge < -0.3 is 10.0 Å². The molecule has 0 aliphatic rings. The Hall–Kier alpha value is -1.84. The summed E-state index contributed by atoms with van der Waals surface area (Å²) in [4.78, 5) is 25.2. The molecule has 4 heteroatoms. The molecule has 1 amide bonds. The van der Waals surface area contributed by atoms with Gasteiger partial charge in [-0.3, -0.25) is 9.59 Å². The fraction of sp³-hybridized carbons (Fsp3) is 0.529. The molecule has 116 valence electrons. The first-order chi connectivity index (χ1) is 9.71. The number of hydrogen-bond acceptors (Lipinski definition) is 2. The van der Waals surface area contributed by atoms with Gasteiger partial charge in [-0.25, -0.2) is 0 Å². The van der Waals surface area contributed by atoms with E-state index in [1.165, 1.54) is 0 Å². The van der Waals surface area contributed by atoms with Crippen LogP contribution in [0.5, 0.6) is 0 Å². The molecule has 0 unspecified atom stereocenters. The van der Waals surface area contributed by atoms with Gasteiger partial charge in [0.2, 0.25) is 5.91 Å². The van der Waals surface area contributed by atoms with Gasteiger partial charge in [-0.15, -0.1) is 0 Å². The number of carboxylic acids is 1. The zero-order valence-corrected chi connectivity index (χ0v) is 13.3. The molecule has 0 radical (unpaired) electrons. The summed E-state index contributed by atoms with van der Waals surface area (Å²) >= 11 is 0. The first kappa shape index (κ1) is 17.2. The fourth-order valence-corrected chi connectivity index (χ4v) is 2.32. The predicted molar refractivity (Wildman–Crippen MR) is 82.8 cm³/mol. The minimum atomic E-state index is -0.869. The number of carbonyl (C=O) groups excluding carboxylic acids is 1. The predicted octanol–water partition coefficient (Wildman–Crippen LogP) is 3.31. The molecule has 0 saturated carbocycles. The standard InChI is InChI=1S/C17H25NO3/c1-13(2)18(12-14-8-6-5-7-9-14)15(19)10-17(3,4)11-16(20)21/h5-9,13H,10-12H2,1-4H3,(H,20,21). The number of nitrogens with zero attached hydrogens (tertiary/aromatic N) is 1. The molecule has 0 saturated heterocycles. The van der Waals surface area contributed by atoms with Crippen molar-refractivity contribution in [1.82, 2.24) is 4.90 Å². The molecule has 0 bridgehead atoms. The van der Waals surface area contributed by atoms with Crippen molar-refractivity contribution < 1.29 is 14.7 Å². The van der Waals surface area contributed by atoms with E-state index in [0.717, 1.165) is 5.56 Å². The Morgan fingerprint density at radius 1 is 1.14 bits per heavy atom. The summed E-state index contributed by atoms with van der Waals surface area (Å²) in [6, 6.07) is 9.91. The van der Waals surface area contributed by atoms with Crippen LogP contribution in [0, 0.1) is 5.41 Å². The minimum absolute atomic E-state index is 0.0000954. The largest absolute Gasteiger partial charge is 0.481 e. The molecule has 0 atom stereocenters. The Kier molecular flexibility index (Phi) is 5.94. The number of aliphatic carboxylic acids is 1. The van der Waals surface area contributed by atoms with Gasteiger partial charge in [0, 0.05) is 19.0 Å². The van der Waals surface area contributed by atoms with Crippen molar-refractivity contribution in [2.45, 2.75) is 53.1 Å². The Morgan fingerprint density at radius 3 is 2.19 bits per heavy atom. The molecule has 0 aliphatic carbocycles. The molecule has 1 N–H and O–H groups in total. The lowest BCUT2D eigenvalue weighted by Gasteiger charge is -2.31. The molecule has 4 nitrogen and oxygen atoms in total. The molecule has 0 aromatic heterocycles. The highest BCUT2D eigenvalue weighted by atomic mass is 16.4. The maximum atomic E-state index is 12.5. The molecular formula is C17H25NO3. The maximum Gasteiger partial charge on any atom is 0.303 e. The molecule has 1 rings (SSSR count). The van der Waals surface area contributed by atoms with E-state index in [1.807, 2.05) is 58.0 Å². The zero-order chi connectivity index (χ0) is 16.0. The van der Waals surface area contributed by atoms with Gasteiger partial charge in [-0.1, -0.05) is 44.2 Å². The van der Waals surface area contributed by atoms with Gasteiger partial charge >= 0.3 is 5.97 Å². The topological polar surface area (TPSA) is 57.6 Å². The summed E-state index contributed by atoms with van der Waals surface area (Å²) in [6.45, 7) is 8.15. The summed E-state index contributed by atoms with van der Waals surface area (Å²) in [5.41, 5.74) is 0.544. The second-order valence-corrected chi connectivity index (χ2v) is 6.51. The number of carboxylic acid groups (broad SMARTS) is 1. The second-order valence-electron chi connectivity index (χ2n) is 6.51. The molecule has 0 fully saturated rings. The molecule has 0 heterocycles. The monoisotopic (exact) mass is 291 g/mol. The lowest BCUT2D eigenvalue weighted by Crippen LogP contribution is -2.39. The summed E-state index contributed by atoms with van der Waals surface area (Å²) in [7, 11) is 0. The van der Waals surface area contributed by atoms with Gasteiger partial charge in [0.25, 0.3) is 0 Å². The zero-order valence-electron chi connectivity index (χ0n) is 13.3. The molecule has 1 aromatic carbocycles. The average molecular weight is 291 g/mol. The van der Waals surface area contributed by atoms with Crippen molar-refractivity contribution >= 4 is 11.9 Å². The molecule has 0 aliphatic heterocycles. The quantitative estimate of drug-likeness (QED) is 0.838. The van der Waals surface area contributed by atoms with Crippen LogP contribution in [0.4, 0.5) is 0 Å². The van der Waals surface area contributed by atoms with E-state index < -0.39 is 11.4 Å². The highest BCUT2D eigenvalue weighted by Crippen LogP contribution is 2.27. The van der Waals surface area contributed by atoms with E-state index >= 15 is 0 Å². The van der Waals surface area contributed by atoms with Crippen LogP contribution in [0.1, 0.15) is 46.1 Å². The summed E-state index contributed by atoms with van der Waals surface area (Å²) in [5.74, 6) is -0.868. The van der Waals surface area contributed by atoms with Crippen molar-refractivity contribution in [3.05, 3.63) is 35.9 Å². The smallest absolute Gasteiger partial charge is 0.303 e. The molecule has 21 heavy (non-hydrogen) atoms. The van der Waals surface area contributed by atoms with Crippen molar-refractivity contribution in [3.8, 4) is 0 Å². The Morgan fingerprint density at radius 2 is 1.71 bits per heavy atom. The molecular weight excluding hydrogens is 266 g/mol. The lowest BCUT2D eigenvalue weighted by atomic mass is 9.85. The van der Waals surface area contributed by atoms with Gasteiger partial charge in [0.05, 0.1) is 6.42 Å². The lowest BCUT2D eigenvalue weighted by molar-refractivity contribution is -0.141. The molecule has 0 spiro atoms. The third kappa shape index (κ3) is 5.98. The fourth-order valence-electron chi connectivity index (χ4n) is 2.32. The van der Waals surface area contributed by atoms with E-state index in [1.54, 1.807) is 4.90 Å². The van der Waals surface area contributed by atoms with Crippen molar-refractivity contribution in [2.75, 3.05) is 0 Å². The van der Waals surface area contributed by atoms with Crippen LogP contribution in [-0.2, 0) is 16.1 Å². The van der Waals surface area contributed by atoms with Gasteiger partial charge in [-0.05, 0) is 24.8 Å². The number of carbonyl (C=O) groups is 2. The third-order valence-electron chi connectivity index (χ3n) is 3.40. The first-order valence-corrected chi connectivity index (χ1v) is 7.26. The highest BCUT2D eigenvalue weighted by molar-refractivity contribution is 5.78. The van der Waals surface area contributed by atoms with Crippen molar-refractivity contribution in [2.24, 2.45) is 5.41 Å². The van der Waals surface area contributed by atoms with Crippen LogP contribution in [0.3, 0.4) is 0 Å². The Balaban J connectivity index is 2.77. The Labute approximate surface area is 126 Å². The van der Waals surface area contributed by atoms with E-state index in [4.69, 9.17) is 5.11 Å². The maximum absolute atomic E-state index is 12.5. The van der Waals surface area contributed by atoms with Crippen LogP contribution in [0.25, 0.3) is 0 Å². The van der Waals surface area contributed by atoms with Crippen LogP contribution < -0.4 is 0 Å². The van der Waals surface area contributed by atoms with Crippen LogP contribution >= 0.6 is 0 Å². The van der Waals surface area contributed by atoms with E-state index in [0.29, 0.717) is 6.54 Å². The number of benzene rings is 1. The highest BCUT2D eigenvalue weighted by Gasteiger charge is 2.28. The Bertz CT molecular complexity index is 480. The van der Waals surface area contributed by atoms with E-state index in [-0.39, 0.29) is 24.8 Å². The second kappa shape index (κ2) is 7.25. The minimum Gasteiger partial charge on any atom is -0.481 e. The van der Waals surface area contributed by atoms with Gasteiger partial charge in [-0.2, -0.15) is 0 Å². The van der Waals surface area contributed by atoms with Gasteiger partial charge in [0.15, 0.2) is 0 Å². The third-order valence-corrected chi connectivity index (χ3v) is 3.40. The number of amides is 1. The number of rotatable bonds is 7. The summed E-state index contributed by atoms with van der Waals surface area (Å²) in [6.07, 6.45) is 0.236. The van der Waals surface area contributed by atoms with Crippen LogP contribution in [-0.4, -0.2) is 27.9 Å². The van der Waals surface area contributed by atoms with Crippen LogP contribution in [0.2, 0.25) is 0 Å². The van der Waals surface area contributed by atoms with Crippen molar-refractivity contribution in [3.63, 3.8) is 0 Å². The van der Waals surface area contributed by atoms with Gasteiger partial charge in [0.1, 0.15) is 0 Å². The summed E-state index contributed by atoms with van der Waals surface area (Å²) in [5, 5.41) is 8.92. The normalized spacial score (nSPS) is 11.5. The number of hydrogen-bond donors (Lipinski definition) is 1. The van der Waals surface area contributed by atoms with Crippen molar-refractivity contribution in [1.29, 1.82) is 0 Å². The van der Waals surface area contributed by atoms with E-state index in [2.05, 4.69) is 0 Å².